The van der Waals surface area contributed by atoms with E-state index in [1.165, 1.54) is 0 Å². The monoisotopic (exact) mass is 283 g/mol. The molecule has 2 heterocycles. The van der Waals surface area contributed by atoms with Gasteiger partial charge in [-0.2, -0.15) is 0 Å². The first-order valence-corrected chi connectivity index (χ1v) is 7.46. The molecule has 1 aromatic heterocycles. The van der Waals surface area contributed by atoms with E-state index < -0.39 is 0 Å². The first-order valence-electron chi connectivity index (χ1n) is 7.46. The largest absolute Gasteiger partial charge is 0.373 e. The van der Waals surface area contributed by atoms with E-state index in [4.69, 9.17) is 0 Å². The fourth-order valence-corrected chi connectivity index (χ4v) is 3.03. The summed E-state index contributed by atoms with van der Waals surface area (Å²) >= 11 is 0. The SMILES string of the molecule is CNc1ncc(C(=O)N2CC(C)C(C)C2)c2ccccc12. The lowest BCUT2D eigenvalue weighted by Gasteiger charge is -2.18. The van der Waals surface area contributed by atoms with Crippen LogP contribution in [0.5, 0.6) is 0 Å². The van der Waals surface area contributed by atoms with E-state index in [0.29, 0.717) is 17.4 Å². The van der Waals surface area contributed by atoms with Crippen molar-refractivity contribution in [2.45, 2.75) is 13.8 Å². The Labute approximate surface area is 125 Å². The van der Waals surface area contributed by atoms with Gasteiger partial charge in [0, 0.05) is 31.7 Å². The molecule has 1 aliphatic rings. The molecular weight excluding hydrogens is 262 g/mol. The van der Waals surface area contributed by atoms with Crippen LogP contribution in [0.15, 0.2) is 30.5 Å². The number of anilines is 1. The van der Waals surface area contributed by atoms with Crippen LogP contribution in [-0.4, -0.2) is 35.9 Å². The van der Waals surface area contributed by atoms with Crippen molar-refractivity contribution in [3.63, 3.8) is 0 Å². The third-order valence-corrected chi connectivity index (χ3v) is 4.54. The quantitative estimate of drug-likeness (QED) is 0.921. The van der Waals surface area contributed by atoms with Crippen molar-refractivity contribution in [2.24, 2.45) is 11.8 Å². The zero-order valence-electron chi connectivity index (χ0n) is 12.8. The van der Waals surface area contributed by atoms with Crippen LogP contribution in [0.4, 0.5) is 5.82 Å². The molecule has 110 valence electrons. The van der Waals surface area contributed by atoms with E-state index in [-0.39, 0.29) is 5.91 Å². The molecule has 3 rings (SSSR count). The fourth-order valence-electron chi connectivity index (χ4n) is 3.03. The van der Waals surface area contributed by atoms with Gasteiger partial charge in [0.2, 0.25) is 0 Å². The highest BCUT2D eigenvalue weighted by atomic mass is 16.2. The first kappa shape index (κ1) is 13.9. The molecule has 1 N–H and O–H groups in total. The zero-order valence-corrected chi connectivity index (χ0v) is 12.8. The minimum absolute atomic E-state index is 0.0950. The average Bonchev–Trinajstić information content (AvgIpc) is 2.85. The molecule has 2 aromatic rings. The average molecular weight is 283 g/mol. The number of hydrogen-bond acceptors (Lipinski definition) is 3. The van der Waals surface area contributed by atoms with Crippen LogP contribution in [0.25, 0.3) is 10.8 Å². The molecule has 1 aromatic carbocycles. The number of aromatic nitrogens is 1. The molecule has 0 radical (unpaired) electrons. The molecule has 0 saturated carbocycles. The maximum absolute atomic E-state index is 12.8. The van der Waals surface area contributed by atoms with Gasteiger partial charge < -0.3 is 10.2 Å². The first-order chi connectivity index (χ1) is 10.1. The van der Waals surface area contributed by atoms with Crippen molar-refractivity contribution in [2.75, 3.05) is 25.5 Å². The maximum atomic E-state index is 12.8. The highest BCUT2D eigenvalue weighted by Crippen LogP contribution is 2.28. The van der Waals surface area contributed by atoms with Gasteiger partial charge in [0.05, 0.1) is 5.56 Å². The third kappa shape index (κ3) is 2.35. The molecular formula is C17H21N3O. The Hall–Kier alpha value is -2.10. The number of fused-ring (bicyclic) bond motifs is 1. The zero-order chi connectivity index (χ0) is 15.0. The molecule has 0 bridgehead atoms. The van der Waals surface area contributed by atoms with Gasteiger partial charge in [-0.05, 0) is 17.2 Å². The summed E-state index contributed by atoms with van der Waals surface area (Å²) < 4.78 is 0. The van der Waals surface area contributed by atoms with Crippen LogP contribution in [0.2, 0.25) is 0 Å². The van der Waals surface area contributed by atoms with Crippen molar-refractivity contribution in [3.8, 4) is 0 Å². The number of nitrogens with one attached hydrogen (secondary N) is 1. The lowest BCUT2D eigenvalue weighted by atomic mass is 10.0. The van der Waals surface area contributed by atoms with Crippen LogP contribution < -0.4 is 5.32 Å². The molecule has 1 aliphatic heterocycles. The number of benzene rings is 1. The lowest BCUT2D eigenvalue weighted by molar-refractivity contribution is 0.0786. The Morgan fingerprint density at radius 1 is 1.19 bits per heavy atom. The minimum atomic E-state index is 0.0950. The second kappa shape index (κ2) is 5.35. The number of pyridine rings is 1. The second-order valence-corrected chi connectivity index (χ2v) is 5.98. The van der Waals surface area contributed by atoms with Crippen molar-refractivity contribution < 1.29 is 4.79 Å². The smallest absolute Gasteiger partial charge is 0.256 e. The standard InChI is InChI=1S/C17H21N3O/c1-11-9-20(10-12(11)2)17(21)15-8-19-16(18-3)14-7-5-4-6-13(14)15/h4-8,11-12H,9-10H2,1-3H3,(H,18,19). The Bertz CT molecular complexity index is 673. The van der Waals surface area contributed by atoms with Crippen molar-refractivity contribution in [1.29, 1.82) is 0 Å². The number of nitrogens with zero attached hydrogens (tertiary/aromatic N) is 2. The second-order valence-electron chi connectivity index (χ2n) is 5.98. The van der Waals surface area contributed by atoms with Crippen molar-refractivity contribution in [3.05, 3.63) is 36.0 Å². The molecule has 1 amide bonds. The van der Waals surface area contributed by atoms with Crippen LogP contribution in [0.3, 0.4) is 0 Å². The van der Waals surface area contributed by atoms with Gasteiger partial charge in [0.25, 0.3) is 5.91 Å². The number of likely N-dealkylation sites (tertiary alicyclic amines) is 1. The predicted octanol–water partition coefficient (Wildman–Crippen LogP) is 3.00. The van der Waals surface area contributed by atoms with E-state index in [2.05, 4.69) is 24.1 Å². The number of carbonyl (C=O) groups excluding carboxylic acids is 1. The predicted molar refractivity (Wildman–Crippen MR) is 85.5 cm³/mol. The molecule has 1 saturated heterocycles. The topological polar surface area (TPSA) is 45.2 Å². The highest BCUT2D eigenvalue weighted by molar-refractivity contribution is 6.09. The van der Waals surface area contributed by atoms with E-state index in [1.54, 1.807) is 6.20 Å². The molecule has 1 fully saturated rings. The summed E-state index contributed by atoms with van der Waals surface area (Å²) in [6.07, 6.45) is 1.70. The summed E-state index contributed by atoms with van der Waals surface area (Å²) in [5.74, 6) is 2.03. The highest BCUT2D eigenvalue weighted by Gasteiger charge is 2.30. The summed E-state index contributed by atoms with van der Waals surface area (Å²) in [7, 11) is 1.85. The Kier molecular flexibility index (Phi) is 3.53. The molecule has 0 aliphatic carbocycles. The van der Waals surface area contributed by atoms with E-state index in [0.717, 1.165) is 29.7 Å². The van der Waals surface area contributed by atoms with Crippen LogP contribution in [0.1, 0.15) is 24.2 Å². The molecule has 4 heteroatoms. The number of amides is 1. The Morgan fingerprint density at radius 2 is 1.81 bits per heavy atom. The number of carbonyl (C=O) groups is 1. The van der Waals surface area contributed by atoms with Gasteiger partial charge in [0.1, 0.15) is 5.82 Å². The molecule has 0 spiro atoms. The van der Waals surface area contributed by atoms with Gasteiger partial charge in [-0.25, -0.2) is 4.98 Å². The van der Waals surface area contributed by atoms with E-state index >= 15 is 0 Å². The number of hydrogen-bond donors (Lipinski definition) is 1. The summed E-state index contributed by atoms with van der Waals surface area (Å²) in [4.78, 5) is 19.2. The summed E-state index contributed by atoms with van der Waals surface area (Å²) in [5, 5.41) is 5.04. The van der Waals surface area contributed by atoms with E-state index in [1.807, 2.05) is 36.2 Å². The Balaban J connectivity index is 2.03. The van der Waals surface area contributed by atoms with Crippen LogP contribution in [0, 0.1) is 11.8 Å². The summed E-state index contributed by atoms with van der Waals surface area (Å²) in [6.45, 7) is 6.08. The van der Waals surface area contributed by atoms with Gasteiger partial charge in [-0.3, -0.25) is 4.79 Å². The van der Waals surface area contributed by atoms with Gasteiger partial charge in [-0.15, -0.1) is 0 Å². The van der Waals surface area contributed by atoms with Crippen molar-refractivity contribution in [1.82, 2.24) is 9.88 Å². The molecule has 2 atom stereocenters. The summed E-state index contributed by atoms with van der Waals surface area (Å²) in [5.41, 5.74) is 0.700. The van der Waals surface area contributed by atoms with Crippen LogP contribution >= 0.6 is 0 Å². The molecule has 21 heavy (non-hydrogen) atoms. The van der Waals surface area contributed by atoms with Crippen molar-refractivity contribution >= 4 is 22.5 Å². The van der Waals surface area contributed by atoms with Gasteiger partial charge in [-0.1, -0.05) is 38.1 Å². The van der Waals surface area contributed by atoms with Gasteiger partial charge >= 0.3 is 0 Å². The molecule has 2 unspecified atom stereocenters. The van der Waals surface area contributed by atoms with Gasteiger partial charge in [0.15, 0.2) is 0 Å². The Morgan fingerprint density at radius 3 is 2.43 bits per heavy atom. The molecule has 4 nitrogen and oxygen atoms in total. The fraction of sp³-hybridized carbons (Fsp3) is 0.412. The lowest BCUT2D eigenvalue weighted by Crippen LogP contribution is -2.29. The third-order valence-electron chi connectivity index (χ3n) is 4.54. The normalized spacial score (nSPS) is 21.8. The maximum Gasteiger partial charge on any atom is 0.256 e. The number of rotatable bonds is 2. The van der Waals surface area contributed by atoms with E-state index in [9.17, 15) is 4.79 Å². The minimum Gasteiger partial charge on any atom is -0.373 e. The summed E-state index contributed by atoms with van der Waals surface area (Å²) in [6, 6.07) is 7.93. The van der Waals surface area contributed by atoms with Crippen LogP contribution in [-0.2, 0) is 0 Å².